The number of carbonyl (C=O) groups excluding carboxylic acids is 1. The molecule has 0 spiro atoms. The number of carbonyl (C=O) groups is 1. The maximum atomic E-state index is 10.9. The molecule has 0 N–H and O–H groups in total. The van der Waals surface area contributed by atoms with Crippen LogP contribution in [-0.4, -0.2) is 13.1 Å². The molecule has 0 fully saturated rings. The summed E-state index contributed by atoms with van der Waals surface area (Å²) in [5.41, 5.74) is 3.16. The van der Waals surface area contributed by atoms with Gasteiger partial charge in [-0.3, -0.25) is 0 Å². The van der Waals surface area contributed by atoms with Gasteiger partial charge in [0.25, 0.3) is 0 Å². The van der Waals surface area contributed by atoms with Crippen molar-refractivity contribution in [1.29, 1.82) is 0 Å². The molecular formula is C8H9ClO2. The van der Waals surface area contributed by atoms with E-state index >= 15 is 0 Å². The van der Waals surface area contributed by atoms with Gasteiger partial charge in [0.15, 0.2) is 0 Å². The second kappa shape index (κ2) is 3.58. The standard InChI is InChI=1S/C8H9ClO2/c1-11-8(10)7-3-2-6(7)4-5-9/h4-5H,2-3H2,1H3/b5-4+. The third kappa shape index (κ3) is 1.63. The minimum Gasteiger partial charge on any atom is -0.466 e. The van der Waals surface area contributed by atoms with Crippen molar-refractivity contribution in [3.63, 3.8) is 0 Å². The summed E-state index contributed by atoms with van der Waals surface area (Å²) in [6, 6.07) is 0. The number of ether oxygens (including phenoxy) is 1. The number of halogens is 1. The Hall–Kier alpha value is -0.760. The third-order valence-electron chi connectivity index (χ3n) is 1.73. The van der Waals surface area contributed by atoms with E-state index < -0.39 is 0 Å². The van der Waals surface area contributed by atoms with Crippen LogP contribution >= 0.6 is 11.6 Å². The normalized spacial score (nSPS) is 16.9. The Bertz CT molecular complexity index is 228. The van der Waals surface area contributed by atoms with E-state index in [4.69, 9.17) is 11.6 Å². The summed E-state index contributed by atoms with van der Waals surface area (Å²) in [7, 11) is 1.38. The minimum absolute atomic E-state index is 0.235. The molecule has 0 atom stereocenters. The Morgan fingerprint density at radius 3 is 2.73 bits per heavy atom. The van der Waals surface area contributed by atoms with E-state index in [0.29, 0.717) is 0 Å². The number of allylic oxidation sites excluding steroid dienone is 2. The molecule has 0 bridgehead atoms. The molecule has 0 saturated heterocycles. The molecule has 0 aromatic rings. The molecule has 0 amide bonds. The fourth-order valence-corrected chi connectivity index (χ4v) is 1.16. The van der Waals surface area contributed by atoms with E-state index in [1.54, 1.807) is 6.08 Å². The zero-order valence-electron chi connectivity index (χ0n) is 6.26. The van der Waals surface area contributed by atoms with Crippen LogP contribution in [0.5, 0.6) is 0 Å². The zero-order valence-corrected chi connectivity index (χ0v) is 7.02. The molecule has 1 aliphatic carbocycles. The van der Waals surface area contributed by atoms with Crippen molar-refractivity contribution < 1.29 is 9.53 Å². The highest BCUT2D eigenvalue weighted by Gasteiger charge is 2.21. The first-order valence-electron chi connectivity index (χ1n) is 3.36. The van der Waals surface area contributed by atoms with Gasteiger partial charge in [0.05, 0.1) is 7.11 Å². The van der Waals surface area contributed by atoms with Crippen molar-refractivity contribution in [1.82, 2.24) is 0 Å². The summed E-state index contributed by atoms with van der Waals surface area (Å²) < 4.78 is 4.56. The molecule has 0 saturated carbocycles. The van der Waals surface area contributed by atoms with Gasteiger partial charge >= 0.3 is 5.97 Å². The molecular weight excluding hydrogens is 164 g/mol. The third-order valence-corrected chi connectivity index (χ3v) is 1.85. The van der Waals surface area contributed by atoms with Crippen LogP contribution in [0.3, 0.4) is 0 Å². The molecule has 1 aliphatic rings. The summed E-state index contributed by atoms with van der Waals surface area (Å²) in [5.74, 6) is -0.235. The lowest BCUT2D eigenvalue weighted by Gasteiger charge is -2.18. The predicted octanol–water partition coefficient (Wildman–Crippen LogP) is 2.00. The maximum absolute atomic E-state index is 10.9. The number of esters is 1. The van der Waals surface area contributed by atoms with Crippen molar-refractivity contribution in [3.05, 3.63) is 22.8 Å². The van der Waals surface area contributed by atoms with Gasteiger partial charge in [-0.25, -0.2) is 4.79 Å². The molecule has 1 rings (SSSR count). The van der Waals surface area contributed by atoms with Gasteiger partial charge in [0, 0.05) is 11.1 Å². The lowest BCUT2D eigenvalue weighted by molar-refractivity contribution is -0.136. The fourth-order valence-electron chi connectivity index (χ4n) is 1.01. The Labute approximate surface area is 70.5 Å². The minimum atomic E-state index is -0.235. The van der Waals surface area contributed by atoms with Crippen molar-refractivity contribution >= 4 is 17.6 Å². The SMILES string of the molecule is COC(=O)C1=C(/C=C/Cl)CC1. The van der Waals surface area contributed by atoms with Crippen LogP contribution in [0.1, 0.15) is 12.8 Å². The summed E-state index contributed by atoms with van der Waals surface area (Å²) in [6.45, 7) is 0. The first-order valence-corrected chi connectivity index (χ1v) is 3.80. The molecule has 0 aromatic carbocycles. The van der Waals surface area contributed by atoms with Crippen molar-refractivity contribution in [2.75, 3.05) is 7.11 Å². The van der Waals surface area contributed by atoms with Gasteiger partial charge in [0.1, 0.15) is 0 Å². The van der Waals surface area contributed by atoms with Crippen LogP contribution < -0.4 is 0 Å². The van der Waals surface area contributed by atoms with Gasteiger partial charge < -0.3 is 4.74 Å². The largest absolute Gasteiger partial charge is 0.466 e. The molecule has 0 unspecified atom stereocenters. The quantitative estimate of drug-likeness (QED) is 0.596. The topological polar surface area (TPSA) is 26.3 Å². The van der Waals surface area contributed by atoms with Crippen molar-refractivity contribution in [2.45, 2.75) is 12.8 Å². The van der Waals surface area contributed by atoms with Crippen LogP contribution in [0.2, 0.25) is 0 Å². The van der Waals surface area contributed by atoms with Crippen molar-refractivity contribution in [3.8, 4) is 0 Å². The summed E-state index contributed by atoms with van der Waals surface area (Å²) in [4.78, 5) is 10.9. The van der Waals surface area contributed by atoms with E-state index in [9.17, 15) is 4.79 Å². The molecule has 2 nitrogen and oxygen atoms in total. The lowest BCUT2D eigenvalue weighted by atomic mass is 9.89. The molecule has 11 heavy (non-hydrogen) atoms. The van der Waals surface area contributed by atoms with Gasteiger partial charge in [-0.15, -0.1) is 0 Å². The lowest BCUT2D eigenvalue weighted by Crippen LogP contribution is -2.14. The van der Waals surface area contributed by atoms with E-state index in [1.165, 1.54) is 12.6 Å². The first-order chi connectivity index (χ1) is 5.29. The Kier molecular flexibility index (Phi) is 2.71. The highest BCUT2D eigenvalue weighted by atomic mass is 35.5. The van der Waals surface area contributed by atoms with Crippen LogP contribution in [0.15, 0.2) is 22.8 Å². The Morgan fingerprint density at radius 2 is 2.36 bits per heavy atom. The summed E-state index contributed by atoms with van der Waals surface area (Å²) in [5, 5.41) is 0. The molecule has 60 valence electrons. The van der Waals surface area contributed by atoms with Gasteiger partial charge in [-0.05, 0) is 24.5 Å². The van der Waals surface area contributed by atoms with Crippen LogP contribution in [0.4, 0.5) is 0 Å². The predicted molar refractivity (Wildman–Crippen MR) is 43.3 cm³/mol. The fraction of sp³-hybridized carbons (Fsp3) is 0.375. The number of hydrogen-bond acceptors (Lipinski definition) is 2. The average Bonchev–Trinajstić information content (AvgIpc) is 1.98. The number of rotatable bonds is 2. The van der Waals surface area contributed by atoms with Gasteiger partial charge in [0.2, 0.25) is 0 Å². The van der Waals surface area contributed by atoms with Gasteiger partial charge in [-0.1, -0.05) is 11.6 Å². The molecule has 0 heterocycles. The highest BCUT2D eigenvalue weighted by molar-refractivity contribution is 6.25. The van der Waals surface area contributed by atoms with Crippen molar-refractivity contribution in [2.24, 2.45) is 0 Å². The van der Waals surface area contributed by atoms with Crippen LogP contribution in [0.25, 0.3) is 0 Å². The maximum Gasteiger partial charge on any atom is 0.334 e. The summed E-state index contributed by atoms with van der Waals surface area (Å²) in [6.07, 6.45) is 3.47. The van der Waals surface area contributed by atoms with Gasteiger partial charge in [-0.2, -0.15) is 0 Å². The van der Waals surface area contributed by atoms with E-state index in [1.807, 2.05) is 0 Å². The van der Waals surface area contributed by atoms with Crippen LogP contribution in [0, 0.1) is 0 Å². The average molecular weight is 173 g/mol. The second-order valence-corrected chi connectivity index (χ2v) is 2.54. The van der Waals surface area contributed by atoms with E-state index in [-0.39, 0.29) is 5.97 Å². The Morgan fingerprint density at radius 1 is 1.64 bits per heavy atom. The molecule has 0 aliphatic heterocycles. The van der Waals surface area contributed by atoms with E-state index in [0.717, 1.165) is 24.0 Å². The summed E-state index contributed by atoms with van der Waals surface area (Å²) >= 11 is 5.36. The zero-order chi connectivity index (χ0) is 8.27. The monoisotopic (exact) mass is 172 g/mol. The molecule has 0 radical (unpaired) electrons. The first kappa shape index (κ1) is 8.34. The molecule has 3 heteroatoms. The smallest absolute Gasteiger partial charge is 0.334 e. The molecule has 0 aromatic heterocycles. The number of hydrogen-bond donors (Lipinski definition) is 0. The van der Waals surface area contributed by atoms with E-state index in [2.05, 4.69) is 4.74 Å². The Balaban J connectivity index is 2.72. The second-order valence-electron chi connectivity index (χ2n) is 2.29. The highest BCUT2D eigenvalue weighted by Crippen LogP contribution is 2.29. The van der Waals surface area contributed by atoms with Crippen LogP contribution in [-0.2, 0) is 9.53 Å². The number of methoxy groups -OCH3 is 1.